The average Bonchev–Trinajstić information content (AvgIpc) is 3.33. The second-order valence-corrected chi connectivity index (χ2v) is 10.7. The minimum Gasteiger partial charge on any atom is -0.390 e. The maximum Gasteiger partial charge on any atom is 0.157 e. The van der Waals surface area contributed by atoms with Crippen molar-refractivity contribution in [1.82, 2.24) is 9.78 Å². The first kappa shape index (κ1) is 19.3. The van der Waals surface area contributed by atoms with E-state index in [1.54, 1.807) is 10.9 Å². The molecule has 0 bridgehead atoms. The molecule has 5 nitrogen and oxygen atoms in total. The summed E-state index contributed by atoms with van der Waals surface area (Å²) in [5.41, 5.74) is 0.0689. The van der Waals surface area contributed by atoms with Crippen LogP contribution in [0.2, 0.25) is 0 Å². The molecule has 0 aliphatic heterocycles. The molecule has 4 fully saturated rings. The fourth-order valence-corrected chi connectivity index (χ4v) is 7.92. The molecule has 5 heteroatoms. The SMILES string of the molecule is C[C@@]1(O)CC[C@H]2[C@H](CC[C@@H]3[C@@H]2CC[C@H]2[C@H]3CC[C@@H]2C(=O)Cn2cc(C#N)cn2)C1. The van der Waals surface area contributed by atoms with Gasteiger partial charge in [0.1, 0.15) is 6.07 Å². The standard InChI is InChI=1S/C24H33N3O2/c1-24(29)9-8-17-16(10-24)2-3-19-18(17)4-5-21-20(19)6-7-22(21)23(28)14-27-13-15(11-25)12-26-27/h12-13,16-22,29H,2-10,14H2,1H3/t16-,17+,18-,19-,20+,21+,22+,24-/m1/s1. The van der Waals surface area contributed by atoms with E-state index in [1.807, 2.05) is 6.92 Å². The van der Waals surface area contributed by atoms with Gasteiger partial charge in [0.25, 0.3) is 0 Å². The van der Waals surface area contributed by atoms with Crippen LogP contribution in [0.1, 0.15) is 70.3 Å². The molecular weight excluding hydrogens is 362 g/mol. The van der Waals surface area contributed by atoms with Crippen LogP contribution in [-0.4, -0.2) is 26.3 Å². The third kappa shape index (κ3) is 3.44. The van der Waals surface area contributed by atoms with E-state index < -0.39 is 5.60 Å². The largest absolute Gasteiger partial charge is 0.390 e. The summed E-state index contributed by atoms with van der Waals surface area (Å²) in [6.07, 6.45) is 13.7. The number of nitriles is 1. The van der Waals surface area contributed by atoms with Gasteiger partial charge in [0.2, 0.25) is 0 Å². The Morgan fingerprint density at radius 1 is 1.14 bits per heavy atom. The Balaban J connectivity index is 1.26. The van der Waals surface area contributed by atoms with Crippen LogP contribution < -0.4 is 0 Å². The van der Waals surface area contributed by atoms with Gasteiger partial charge in [-0.15, -0.1) is 0 Å². The molecule has 0 saturated heterocycles. The number of fused-ring (bicyclic) bond motifs is 5. The second-order valence-electron chi connectivity index (χ2n) is 10.7. The van der Waals surface area contributed by atoms with E-state index in [0.29, 0.717) is 29.7 Å². The molecule has 8 atom stereocenters. The lowest BCUT2D eigenvalue weighted by Gasteiger charge is -2.54. The number of ketones is 1. The molecule has 4 aliphatic rings. The number of carbonyl (C=O) groups excluding carboxylic acids is 1. The molecule has 1 N–H and O–H groups in total. The Labute approximate surface area is 173 Å². The highest BCUT2D eigenvalue weighted by Gasteiger charge is 2.53. The highest BCUT2D eigenvalue weighted by atomic mass is 16.3. The maximum atomic E-state index is 13.1. The summed E-state index contributed by atoms with van der Waals surface area (Å²) in [5.74, 6) is 4.90. The van der Waals surface area contributed by atoms with E-state index in [2.05, 4.69) is 11.2 Å². The summed E-state index contributed by atoms with van der Waals surface area (Å²) >= 11 is 0. The zero-order valence-corrected chi connectivity index (χ0v) is 17.5. The topological polar surface area (TPSA) is 78.9 Å². The van der Waals surface area contributed by atoms with Crippen LogP contribution in [-0.2, 0) is 11.3 Å². The van der Waals surface area contributed by atoms with Crippen molar-refractivity contribution in [3.8, 4) is 6.07 Å². The smallest absolute Gasteiger partial charge is 0.157 e. The van der Waals surface area contributed by atoms with Gasteiger partial charge in [-0.1, -0.05) is 0 Å². The van der Waals surface area contributed by atoms with Crippen LogP contribution in [0.3, 0.4) is 0 Å². The van der Waals surface area contributed by atoms with Crippen LogP contribution >= 0.6 is 0 Å². The molecule has 1 heterocycles. The number of hydrogen-bond donors (Lipinski definition) is 1. The van der Waals surface area contributed by atoms with Gasteiger partial charge in [-0.25, -0.2) is 0 Å². The zero-order valence-electron chi connectivity index (χ0n) is 17.5. The lowest BCUT2D eigenvalue weighted by molar-refractivity contribution is -0.127. The summed E-state index contributed by atoms with van der Waals surface area (Å²) in [6, 6.07) is 2.08. The van der Waals surface area contributed by atoms with Crippen LogP contribution in [0.5, 0.6) is 0 Å². The van der Waals surface area contributed by atoms with Crippen molar-refractivity contribution in [1.29, 1.82) is 5.26 Å². The number of carbonyl (C=O) groups is 1. The molecule has 29 heavy (non-hydrogen) atoms. The predicted molar refractivity (Wildman–Crippen MR) is 109 cm³/mol. The molecule has 156 valence electrons. The number of hydrogen-bond acceptors (Lipinski definition) is 4. The first-order valence-electron chi connectivity index (χ1n) is 11.6. The van der Waals surface area contributed by atoms with Gasteiger partial charge in [0.05, 0.1) is 23.9 Å². The first-order chi connectivity index (χ1) is 13.9. The molecule has 1 aromatic heterocycles. The summed E-state index contributed by atoms with van der Waals surface area (Å²) in [5, 5.41) is 23.7. The van der Waals surface area contributed by atoms with Crippen molar-refractivity contribution in [2.24, 2.45) is 41.4 Å². The minimum absolute atomic E-state index is 0.181. The summed E-state index contributed by atoms with van der Waals surface area (Å²) < 4.78 is 1.64. The second kappa shape index (κ2) is 7.23. The van der Waals surface area contributed by atoms with E-state index >= 15 is 0 Å². The van der Waals surface area contributed by atoms with Gasteiger partial charge in [0.15, 0.2) is 5.78 Å². The molecule has 0 aromatic carbocycles. The van der Waals surface area contributed by atoms with E-state index in [-0.39, 0.29) is 5.92 Å². The van der Waals surface area contributed by atoms with E-state index in [4.69, 9.17) is 5.26 Å². The van der Waals surface area contributed by atoms with Gasteiger partial charge >= 0.3 is 0 Å². The summed E-state index contributed by atoms with van der Waals surface area (Å²) in [7, 11) is 0. The van der Waals surface area contributed by atoms with Gasteiger partial charge in [-0.3, -0.25) is 9.48 Å². The molecule has 1 aromatic rings. The Kier molecular flexibility index (Phi) is 4.81. The predicted octanol–water partition coefficient (Wildman–Crippen LogP) is 3.95. The van der Waals surface area contributed by atoms with Crippen molar-refractivity contribution in [2.75, 3.05) is 0 Å². The molecule has 0 spiro atoms. The zero-order chi connectivity index (χ0) is 20.2. The number of aromatic nitrogens is 2. The van der Waals surface area contributed by atoms with Gasteiger partial charge in [-0.05, 0) is 100 Å². The lowest BCUT2D eigenvalue weighted by atomic mass is 9.52. The van der Waals surface area contributed by atoms with Crippen molar-refractivity contribution in [3.05, 3.63) is 18.0 Å². The highest BCUT2D eigenvalue weighted by molar-refractivity contribution is 5.81. The van der Waals surface area contributed by atoms with Crippen molar-refractivity contribution in [2.45, 2.75) is 76.9 Å². The first-order valence-corrected chi connectivity index (χ1v) is 11.6. The molecule has 4 saturated carbocycles. The molecular formula is C24H33N3O2. The van der Waals surface area contributed by atoms with Gasteiger partial charge in [0, 0.05) is 12.1 Å². The third-order valence-electron chi connectivity index (χ3n) is 9.05. The monoisotopic (exact) mass is 395 g/mol. The normalized spacial score (nSPS) is 43.7. The minimum atomic E-state index is -0.450. The Bertz CT molecular complexity index is 822. The Morgan fingerprint density at radius 2 is 1.83 bits per heavy atom. The maximum absolute atomic E-state index is 13.1. The molecule has 0 amide bonds. The van der Waals surface area contributed by atoms with Crippen molar-refractivity contribution in [3.63, 3.8) is 0 Å². The number of Topliss-reactive ketones (excluding diaryl/α,β-unsaturated/α-hetero) is 1. The Morgan fingerprint density at radius 3 is 2.62 bits per heavy atom. The summed E-state index contributed by atoms with van der Waals surface area (Å²) in [6.45, 7) is 2.34. The van der Waals surface area contributed by atoms with Crippen LogP contribution in [0.15, 0.2) is 12.4 Å². The average molecular weight is 396 g/mol. The molecule has 4 aliphatic carbocycles. The van der Waals surface area contributed by atoms with Gasteiger partial charge in [-0.2, -0.15) is 10.4 Å². The fraction of sp³-hybridized carbons (Fsp3) is 0.792. The number of aliphatic hydroxyl groups is 1. The van der Waals surface area contributed by atoms with Crippen molar-refractivity contribution >= 4 is 5.78 Å². The third-order valence-corrected chi connectivity index (χ3v) is 9.05. The molecule has 0 unspecified atom stereocenters. The van der Waals surface area contributed by atoms with E-state index in [0.717, 1.165) is 42.9 Å². The van der Waals surface area contributed by atoms with E-state index in [1.165, 1.54) is 44.7 Å². The van der Waals surface area contributed by atoms with Crippen LogP contribution in [0.4, 0.5) is 0 Å². The van der Waals surface area contributed by atoms with Gasteiger partial charge < -0.3 is 5.11 Å². The molecule has 5 rings (SSSR count). The highest BCUT2D eigenvalue weighted by Crippen LogP contribution is 2.59. The van der Waals surface area contributed by atoms with E-state index in [9.17, 15) is 9.90 Å². The quantitative estimate of drug-likeness (QED) is 0.840. The fourth-order valence-electron chi connectivity index (χ4n) is 7.92. The van der Waals surface area contributed by atoms with Crippen molar-refractivity contribution < 1.29 is 9.90 Å². The lowest BCUT2D eigenvalue weighted by Crippen LogP contribution is -2.48. The molecule has 0 radical (unpaired) electrons. The number of rotatable bonds is 3. The van der Waals surface area contributed by atoms with Crippen LogP contribution in [0, 0.1) is 52.8 Å². The van der Waals surface area contributed by atoms with Crippen LogP contribution in [0.25, 0.3) is 0 Å². The summed E-state index contributed by atoms with van der Waals surface area (Å²) in [4.78, 5) is 13.1. The Hall–Kier alpha value is -1.67. The number of nitrogens with zero attached hydrogens (tertiary/aromatic N) is 3.